The summed E-state index contributed by atoms with van der Waals surface area (Å²) in [6.45, 7) is 8.87. The maximum atomic E-state index is 6.90. The van der Waals surface area contributed by atoms with Gasteiger partial charge in [0.25, 0.3) is 0 Å². The van der Waals surface area contributed by atoms with E-state index in [-0.39, 0.29) is 12.4 Å². The molecular formula is C29H36O3. The van der Waals surface area contributed by atoms with E-state index in [0.29, 0.717) is 18.4 Å². The number of methoxy groups -OCH3 is 1. The highest BCUT2D eigenvalue weighted by atomic mass is 16.7. The summed E-state index contributed by atoms with van der Waals surface area (Å²) in [6.07, 6.45) is -0.214. The number of rotatable bonds is 7. The first-order valence-corrected chi connectivity index (χ1v) is 11.7. The Morgan fingerprint density at radius 2 is 1.09 bits per heavy atom. The first-order valence-electron chi connectivity index (χ1n) is 11.7. The maximum Gasteiger partial charge on any atom is 0.160 e. The van der Waals surface area contributed by atoms with Gasteiger partial charge in [0, 0.05) is 13.0 Å². The second kappa shape index (κ2) is 11.4. The van der Waals surface area contributed by atoms with Crippen molar-refractivity contribution in [3.63, 3.8) is 0 Å². The van der Waals surface area contributed by atoms with Gasteiger partial charge >= 0.3 is 0 Å². The van der Waals surface area contributed by atoms with Crippen LogP contribution in [0, 0.1) is 11.8 Å². The smallest absolute Gasteiger partial charge is 0.160 e. The summed E-state index contributed by atoms with van der Waals surface area (Å²) < 4.78 is 18.6. The van der Waals surface area contributed by atoms with Crippen LogP contribution < -0.4 is 0 Å². The molecule has 0 saturated carbocycles. The van der Waals surface area contributed by atoms with Crippen molar-refractivity contribution in [1.82, 2.24) is 0 Å². The van der Waals surface area contributed by atoms with Crippen LogP contribution in [0.3, 0.4) is 0 Å². The highest BCUT2D eigenvalue weighted by Crippen LogP contribution is 2.42. The normalized spacial score (nSPS) is 22.8. The third kappa shape index (κ3) is 4.80. The largest absolute Gasteiger partial charge is 0.358 e. The summed E-state index contributed by atoms with van der Waals surface area (Å²) >= 11 is 0. The van der Waals surface area contributed by atoms with Crippen LogP contribution in [0.2, 0.25) is 0 Å². The second-order valence-electron chi connectivity index (χ2n) is 8.09. The van der Waals surface area contributed by atoms with E-state index in [2.05, 4.69) is 86.6 Å². The van der Waals surface area contributed by atoms with Crippen molar-refractivity contribution in [3.05, 3.63) is 108 Å². The third-order valence-electron chi connectivity index (χ3n) is 6.39. The Kier molecular flexibility index (Phi) is 8.63. The zero-order chi connectivity index (χ0) is 23.0. The van der Waals surface area contributed by atoms with Gasteiger partial charge in [-0.3, -0.25) is 0 Å². The molecule has 0 aromatic heterocycles. The van der Waals surface area contributed by atoms with Crippen LogP contribution >= 0.6 is 0 Å². The monoisotopic (exact) mass is 432 g/mol. The lowest BCUT2D eigenvalue weighted by atomic mass is 9.80. The average molecular weight is 433 g/mol. The molecule has 0 aliphatic carbocycles. The Bertz CT molecular complexity index is 814. The van der Waals surface area contributed by atoms with Gasteiger partial charge in [-0.05, 0) is 22.6 Å². The van der Waals surface area contributed by atoms with Gasteiger partial charge in [-0.25, -0.2) is 0 Å². The minimum Gasteiger partial charge on any atom is -0.358 e. The topological polar surface area (TPSA) is 27.7 Å². The first kappa shape index (κ1) is 24.2. The molecular weight excluding hydrogens is 396 g/mol. The Balaban J connectivity index is 0.00000141. The Labute approximate surface area is 193 Å². The van der Waals surface area contributed by atoms with E-state index in [0.717, 1.165) is 16.7 Å². The van der Waals surface area contributed by atoms with Crippen molar-refractivity contribution >= 4 is 0 Å². The highest BCUT2D eigenvalue weighted by Gasteiger charge is 2.43. The summed E-state index contributed by atoms with van der Waals surface area (Å²) in [5, 5.41) is 0. The zero-order valence-corrected chi connectivity index (χ0v) is 19.9. The molecule has 4 atom stereocenters. The average Bonchev–Trinajstić information content (AvgIpc) is 3.16. The van der Waals surface area contributed by atoms with Crippen molar-refractivity contribution in [1.29, 1.82) is 0 Å². The Morgan fingerprint density at radius 1 is 0.688 bits per heavy atom. The van der Waals surface area contributed by atoms with Crippen LogP contribution in [0.25, 0.3) is 0 Å². The van der Waals surface area contributed by atoms with Crippen molar-refractivity contribution < 1.29 is 14.2 Å². The van der Waals surface area contributed by atoms with Gasteiger partial charge in [0.15, 0.2) is 6.29 Å². The molecule has 1 saturated heterocycles. The molecule has 170 valence electrons. The molecule has 1 aliphatic rings. The van der Waals surface area contributed by atoms with Crippen LogP contribution in [-0.2, 0) is 19.8 Å². The molecule has 0 bridgehead atoms. The number of hydrogen-bond donors (Lipinski definition) is 0. The first-order chi connectivity index (χ1) is 15.7. The molecule has 3 nitrogen and oxygen atoms in total. The molecule has 0 amide bonds. The van der Waals surface area contributed by atoms with E-state index in [1.165, 1.54) is 0 Å². The maximum absolute atomic E-state index is 6.90. The predicted molar refractivity (Wildman–Crippen MR) is 131 cm³/mol. The van der Waals surface area contributed by atoms with E-state index in [1.807, 2.05) is 32.0 Å². The van der Waals surface area contributed by atoms with E-state index in [9.17, 15) is 0 Å². The summed E-state index contributed by atoms with van der Waals surface area (Å²) in [6, 6.07) is 31.3. The van der Waals surface area contributed by atoms with E-state index in [4.69, 9.17) is 14.2 Å². The van der Waals surface area contributed by atoms with Crippen molar-refractivity contribution in [3.8, 4) is 0 Å². The predicted octanol–water partition coefficient (Wildman–Crippen LogP) is 6.66. The molecule has 3 heteroatoms. The van der Waals surface area contributed by atoms with Gasteiger partial charge in [0.05, 0.1) is 12.7 Å². The van der Waals surface area contributed by atoms with Crippen LogP contribution in [0.15, 0.2) is 91.0 Å². The molecule has 0 radical (unpaired) electrons. The van der Waals surface area contributed by atoms with E-state index < -0.39 is 5.60 Å². The summed E-state index contributed by atoms with van der Waals surface area (Å²) in [5.41, 5.74) is 2.58. The SMILES string of the molecule is CC.COC1O[C@H](COC(c2ccccc2)(c2ccccc2)c2ccccc2)C(C)C1C. The van der Waals surface area contributed by atoms with Gasteiger partial charge in [-0.2, -0.15) is 0 Å². The summed E-state index contributed by atoms with van der Waals surface area (Å²) in [7, 11) is 1.71. The molecule has 1 heterocycles. The van der Waals surface area contributed by atoms with Gasteiger partial charge < -0.3 is 14.2 Å². The fourth-order valence-corrected chi connectivity index (χ4v) is 4.44. The zero-order valence-electron chi connectivity index (χ0n) is 19.9. The molecule has 3 aromatic carbocycles. The summed E-state index contributed by atoms with van der Waals surface area (Å²) in [4.78, 5) is 0. The van der Waals surface area contributed by atoms with Crippen molar-refractivity contribution in [2.75, 3.05) is 13.7 Å². The van der Waals surface area contributed by atoms with Gasteiger partial charge in [0.1, 0.15) is 5.60 Å². The van der Waals surface area contributed by atoms with E-state index >= 15 is 0 Å². The Morgan fingerprint density at radius 3 is 1.44 bits per heavy atom. The fourth-order valence-electron chi connectivity index (χ4n) is 4.44. The van der Waals surface area contributed by atoms with Crippen LogP contribution in [0.1, 0.15) is 44.4 Å². The molecule has 0 spiro atoms. The summed E-state index contributed by atoms with van der Waals surface area (Å²) in [5.74, 6) is 0.665. The lowest BCUT2D eigenvalue weighted by Gasteiger charge is -2.37. The minimum atomic E-state index is -0.721. The molecule has 0 N–H and O–H groups in total. The highest BCUT2D eigenvalue weighted by molar-refractivity contribution is 5.47. The molecule has 3 aromatic rings. The van der Waals surface area contributed by atoms with Crippen molar-refractivity contribution in [2.24, 2.45) is 11.8 Å². The molecule has 1 fully saturated rings. The van der Waals surface area contributed by atoms with Gasteiger partial charge in [-0.1, -0.05) is 119 Å². The molecule has 32 heavy (non-hydrogen) atoms. The Hall–Kier alpha value is -2.46. The minimum absolute atomic E-state index is 0.0274. The third-order valence-corrected chi connectivity index (χ3v) is 6.39. The van der Waals surface area contributed by atoms with Gasteiger partial charge in [-0.15, -0.1) is 0 Å². The van der Waals surface area contributed by atoms with E-state index in [1.54, 1.807) is 7.11 Å². The lowest BCUT2D eigenvalue weighted by Crippen LogP contribution is -2.37. The standard InChI is InChI=1S/C27H30O3.C2H6/c1-20-21(2)26(28-3)30-25(20)19-29-27(22-13-7-4-8-14-22,23-15-9-5-10-16-23)24-17-11-6-12-18-24;1-2/h4-18,20-21,25-26H,19H2,1-3H3;1-2H3/t20?,21?,25-,26?;/m1./s1. The second-order valence-corrected chi connectivity index (χ2v) is 8.09. The molecule has 3 unspecified atom stereocenters. The van der Waals surface area contributed by atoms with Crippen LogP contribution in [0.4, 0.5) is 0 Å². The van der Waals surface area contributed by atoms with Gasteiger partial charge in [0.2, 0.25) is 0 Å². The number of hydrogen-bond acceptors (Lipinski definition) is 3. The van der Waals surface area contributed by atoms with Crippen molar-refractivity contribution in [2.45, 2.75) is 45.7 Å². The quantitative estimate of drug-likeness (QED) is 0.391. The molecule has 4 rings (SSSR count). The van der Waals surface area contributed by atoms with Crippen LogP contribution in [-0.4, -0.2) is 26.1 Å². The lowest BCUT2D eigenvalue weighted by molar-refractivity contribution is -0.149. The molecule has 1 aliphatic heterocycles. The fraction of sp³-hybridized carbons (Fsp3) is 0.379. The van der Waals surface area contributed by atoms with Crippen LogP contribution in [0.5, 0.6) is 0 Å². The number of benzene rings is 3. The number of ether oxygens (including phenoxy) is 3.